The average molecular weight is 456 g/mol. The molecule has 0 aliphatic rings. The fourth-order valence-corrected chi connectivity index (χ4v) is 3.59. The van der Waals surface area contributed by atoms with Gasteiger partial charge in [0.25, 0.3) is 0 Å². The monoisotopic (exact) mass is 454 g/mol. The van der Waals surface area contributed by atoms with Gasteiger partial charge in [-0.15, -0.1) is 0 Å². The van der Waals surface area contributed by atoms with Crippen LogP contribution >= 0.6 is 34.8 Å². The highest BCUT2D eigenvalue weighted by atomic mass is 35.5. The summed E-state index contributed by atoms with van der Waals surface area (Å²) in [6.07, 6.45) is 1.48. The van der Waals surface area contributed by atoms with Crippen LogP contribution in [-0.2, 0) is 22.6 Å². The number of rotatable bonds is 9. The van der Waals surface area contributed by atoms with Gasteiger partial charge in [0.1, 0.15) is 6.04 Å². The predicted molar refractivity (Wildman–Crippen MR) is 120 cm³/mol. The van der Waals surface area contributed by atoms with Gasteiger partial charge in [0.05, 0.1) is 6.42 Å². The zero-order valence-electron chi connectivity index (χ0n) is 16.6. The zero-order chi connectivity index (χ0) is 21.4. The van der Waals surface area contributed by atoms with Crippen molar-refractivity contribution in [1.82, 2.24) is 10.2 Å². The molecule has 2 aromatic rings. The molecule has 0 spiro atoms. The topological polar surface area (TPSA) is 49.4 Å². The normalized spacial score (nSPS) is 11.8. The minimum atomic E-state index is -0.590. The molecule has 2 rings (SSSR count). The van der Waals surface area contributed by atoms with Crippen LogP contribution < -0.4 is 5.32 Å². The molecule has 0 bridgehead atoms. The molecule has 4 nitrogen and oxygen atoms in total. The Morgan fingerprint density at radius 2 is 1.66 bits per heavy atom. The van der Waals surface area contributed by atoms with E-state index in [0.29, 0.717) is 28.0 Å². The lowest BCUT2D eigenvalue weighted by molar-refractivity contribution is -0.140. The predicted octanol–water partition coefficient (Wildman–Crippen LogP) is 5.52. The van der Waals surface area contributed by atoms with Gasteiger partial charge in [-0.3, -0.25) is 9.59 Å². The van der Waals surface area contributed by atoms with Crippen LogP contribution in [-0.4, -0.2) is 29.3 Å². The molecule has 2 amide bonds. The van der Waals surface area contributed by atoms with Gasteiger partial charge >= 0.3 is 0 Å². The molecule has 0 aliphatic heterocycles. The minimum absolute atomic E-state index is 0.156. The molecule has 0 saturated heterocycles. The number of carbonyl (C=O) groups is 2. The van der Waals surface area contributed by atoms with E-state index >= 15 is 0 Å². The zero-order valence-corrected chi connectivity index (χ0v) is 18.8. The smallest absolute Gasteiger partial charge is 0.242 e. The first-order valence-corrected chi connectivity index (χ1v) is 10.7. The van der Waals surface area contributed by atoms with Crippen LogP contribution in [0, 0.1) is 0 Å². The maximum Gasteiger partial charge on any atom is 0.242 e. The fraction of sp³-hybridized carbons (Fsp3) is 0.364. The summed E-state index contributed by atoms with van der Waals surface area (Å²) < 4.78 is 0. The van der Waals surface area contributed by atoms with Crippen LogP contribution in [0.2, 0.25) is 15.1 Å². The van der Waals surface area contributed by atoms with Crippen molar-refractivity contribution in [3.63, 3.8) is 0 Å². The molecule has 0 fully saturated rings. The van der Waals surface area contributed by atoms with Crippen LogP contribution in [0.3, 0.4) is 0 Å². The van der Waals surface area contributed by atoms with Crippen molar-refractivity contribution in [2.75, 3.05) is 6.54 Å². The Balaban J connectivity index is 2.30. The second-order valence-electron chi connectivity index (χ2n) is 6.78. The maximum absolute atomic E-state index is 13.2. The van der Waals surface area contributed by atoms with Gasteiger partial charge in [0.15, 0.2) is 0 Å². The van der Waals surface area contributed by atoms with E-state index in [2.05, 4.69) is 5.32 Å². The Hall–Kier alpha value is -1.75. The number of nitrogens with one attached hydrogen (secondary N) is 1. The van der Waals surface area contributed by atoms with Crippen LogP contribution in [0.5, 0.6) is 0 Å². The third-order valence-corrected chi connectivity index (χ3v) is 5.40. The Morgan fingerprint density at radius 3 is 2.24 bits per heavy atom. The highest BCUT2D eigenvalue weighted by Crippen LogP contribution is 2.24. The van der Waals surface area contributed by atoms with Crippen molar-refractivity contribution >= 4 is 46.6 Å². The molecule has 1 atom stereocenters. The third-order valence-electron chi connectivity index (χ3n) is 4.56. The molecule has 156 valence electrons. The standard InChI is InChI=1S/C22H25Cl3N2O2/c1-3-11-26-22(29)20(4-2)27(14-16-7-10-18(24)13-19(16)25)21(28)12-15-5-8-17(23)9-6-15/h5-10,13,20H,3-4,11-12,14H2,1-2H3,(H,26,29). The number of amides is 2. The first-order chi connectivity index (χ1) is 13.8. The average Bonchev–Trinajstić information content (AvgIpc) is 2.69. The van der Waals surface area contributed by atoms with E-state index in [-0.39, 0.29) is 24.8 Å². The Kier molecular flexibility index (Phi) is 9.28. The van der Waals surface area contributed by atoms with Crippen molar-refractivity contribution in [2.24, 2.45) is 0 Å². The summed E-state index contributed by atoms with van der Waals surface area (Å²) >= 11 is 18.3. The van der Waals surface area contributed by atoms with Crippen LogP contribution in [0.25, 0.3) is 0 Å². The van der Waals surface area contributed by atoms with Gasteiger partial charge in [-0.25, -0.2) is 0 Å². The van der Waals surface area contributed by atoms with E-state index in [0.717, 1.165) is 17.5 Å². The van der Waals surface area contributed by atoms with Crippen LogP contribution in [0.15, 0.2) is 42.5 Å². The van der Waals surface area contributed by atoms with Gasteiger partial charge in [-0.05, 0) is 48.2 Å². The quantitative estimate of drug-likeness (QED) is 0.541. The number of benzene rings is 2. The second kappa shape index (κ2) is 11.4. The summed E-state index contributed by atoms with van der Waals surface area (Å²) in [4.78, 5) is 27.5. The molecular formula is C22H25Cl3N2O2. The molecule has 0 saturated carbocycles. The van der Waals surface area contributed by atoms with Crippen molar-refractivity contribution in [1.29, 1.82) is 0 Å². The molecule has 1 N–H and O–H groups in total. The van der Waals surface area contributed by atoms with Gasteiger partial charge in [-0.2, -0.15) is 0 Å². The van der Waals surface area contributed by atoms with Gasteiger partial charge < -0.3 is 10.2 Å². The molecule has 1 unspecified atom stereocenters. The SMILES string of the molecule is CCCNC(=O)C(CC)N(Cc1ccc(Cl)cc1Cl)C(=O)Cc1ccc(Cl)cc1. The summed E-state index contributed by atoms with van der Waals surface area (Å²) in [7, 11) is 0. The Bertz CT molecular complexity index is 840. The van der Waals surface area contributed by atoms with E-state index in [4.69, 9.17) is 34.8 Å². The lowest BCUT2D eigenvalue weighted by atomic mass is 10.1. The molecule has 7 heteroatoms. The summed E-state index contributed by atoms with van der Waals surface area (Å²) in [5, 5.41) is 4.49. The van der Waals surface area contributed by atoms with Gasteiger partial charge in [0, 0.05) is 28.2 Å². The number of nitrogens with zero attached hydrogens (tertiary/aromatic N) is 1. The van der Waals surface area contributed by atoms with E-state index in [1.165, 1.54) is 0 Å². The van der Waals surface area contributed by atoms with Crippen molar-refractivity contribution in [3.8, 4) is 0 Å². The summed E-state index contributed by atoms with van der Waals surface area (Å²) in [5.74, 6) is -0.319. The summed E-state index contributed by atoms with van der Waals surface area (Å²) in [5.41, 5.74) is 1.57. The first kappa shape index (κ1) is 23.5. The van der Waals surface area contributed by atoms with E-state index < -0.39 is 6.04 Å². The van der Waals surface area contributed by atoms with Crippen molar-refractivity contribution < 1.29 is 9.59 Å². The molecule has 0 heterocycles. The Labute approximate surface area is 187 Å². The molecule has 0 aromatic heterocycles. The number of carbonyl (C=O) groups excluding carboxylic acids is 2. The lowest BCUT2D eigenvalue weighted by Gasteiger charge is -2.31. The number of hydrogen-bond donors (Lipinski definition) is 1. The molecule has 0 radical (unpaired) electrons. The maximum atomic E-state index is 13.2. The first-order valence-electron chi connectivity index (χ1n) is 9.61. The largest absolute Gasteiger partial charge is 0.354 e. The van der Waals surface area contributed by atoms with E-state index in [1.807, 2.05) is 26.0 Å². The summed E-state index contributed by atoms with van der Waals surface area (Å²) in [6, 6.07) is 11.7. The Morgan fingerprint density at radius 1 is 1.00 bits per heavy atom. The molecule has 29 heavy (non-hydrogen) atoms. The fourth-order valence-electron chi connectivity index (χ4n) is 3.00. The van der Waals surface area contributed by atoms with Gasteiger partial charge in [-0.1, -0.05) is 66.8 Å². The van der Waals surface area contributed by atoms with Gasteiger partial charge in [0.2, 0.25) is 11.8 Å². The van der Waals surface area contributed by atoms with Crippen molar-refractivity contribution in [2.45, 2.75) is 45.7 Å². The lowest BCUT2D eigenvalue weighted by Crippen LogP contribution is -2.49. The summed E-state index contributed by atoms with van der Waals surface area (Å²) in [6.45, 7) is 4.66. The van der Waals surface area contributed by atoms with Crippen LogP contribution in [0.1, 0.15) is 37.8 Å². The molecular weight excluding hydrogens is 431 g/mol. The molecule has 0 aliphatic carbocycles. The highest BCUT2D eigenvalue weighted by molar-refractivity contribution is 6.35. The number of hydrogen-bond acceptors (Lipinski definition) is 2. The van der Waals surface area contributed by atoms with E-state index in [9.17, 15) is 9.59 Å². The van der Waals surface area contributed by atoms with Crippen molar-refractivity contribution in [3.05, 3.63) is 68.7 Å². The van der Waals surface area contributed by atoms with E-state index in [1.54, 1.807) is 35.2 Å². The third kappa shape index (κ3) is 6.91. The second-order valence-corrected chi connectivity index (χ2v) is 8.06. The van der Waals surface area contributed by atoms with Crippen LogP contribution in [0.4, 0.5) is 0 Å². The number of halogens is 3. The highest BCUT2D eigenvalue weighted by Gasteiger charge is 2.29. The minimum Gasteiger partial charge on any atom is -0.354 e. The molecule has 2 aromatic carbocycles.